The van der Waals surface area contributed by atoms with Gasteiger partial charge in [0, 0.05) is 18.6 Å². The Morgan fingerprint density at radius 2 is 2.00 bits per heavy atom. The Labute approximate surface area is 88.1 Å². The van der Waals surface area contributed by atoms with E-state index in [1.165, 1.54) is 58.2 Å². The van der Waals surface area contributed by atoms with Crippen LogP contribution in [0.15, 0.2) is 0 Å². The second-order valence-electron chi connectivity index (χ2n) is 4.99. The molecule has 1 N–H and O–H groups in total. The van der Waals surface area contributed by atoms with Gasteiger partial charge in [0.05, 0.1) is 0 Å². The van der Waals surface area contributed by atoms with E-state index in [4.69, 9.17) is 0 Å². The highest BCUT2D eigenvalue weighted by Gasteiger charge is 2.22. The average molecular weight is 196 g/mol. The molecule has 2 nitrogen and oxygen atoms in total. The molecule has 2 aliphatic heterocycles. The summed E-state index contributed by atoms with van der Waals surface area (Å²) in [7, 11) is 0. The number of nitrogens with one attached hydrogen (secondary N) is 1. The van der Waals surface area contributed by atoms with Gasteiger partial charge in [-0.15, -0.1) is 0 Å². The molecule has 2 unspecified atom stereocenters. The Kier molecular flexibility index (Phi) is 3.82. The lowest BCUT2D eigenvalue weighted by atomic mass is 10.00. The molecule has 2 fully saturated rings. The molecule has 14 heavy (non-hydrogen) atoms. The Morgan fingerprint density at radius 1 is 1.14 bits per heavy atom. The smallest absolute Gasteiger partial charge is 0.0195 e. The maximum Gasteiger partial charge on any atom is 0.0195 e. The maximum atomic E-state index is 3.65. The molecule has 2 heterocycles. The zero-order chi connectivity index (χ0) is 9.80. The lowest BCUT2D eigenvalue weighted by Crippen LogP contribution is -2.48. The normalized spacial score (nSPS) is 35.8. The molecule has 0 spiro atoms. The van der Waals surface area contributed by atoms with Gasteiger partial charge in [-0.25, -0.2) is 0 Å². The Hall–Kier alpha value is -0.0800. The molecular weight excluding hydrogens is 172 g/mol. The molecule has 0 radical (unpaired) electrons. The van der Waals surface area contributed by atoms with Crippen LogP contribution in [-0.2, 0) is 0 Å². The monoisotopic (exact) mass is 196 g/mol. The molecule has 0 aromatic carbocycles. The highest BCUT2D eigenvalue weighted by atomic mass is 15.2. The van der Waals surface area contributed by atoms with Crippen molar-refractivity contribution in [2.75, 3.05) is 19.6 Å². The summed E-state index contributed by atoms with van der Waals surface area (Å²) < 4.78 is 0. The topological polar surface area (TPSA) is 15.3 Å². The van der Waals surface area contributed by atoms with Crippen molar-refractivity contribution in [2.45, 2.75) is 57.5 Å². The summed E-state index contributed by atoms with van der Waals surface area (Å²) in [6, 6.07) is 1.61. The number of nitrogens with zero attached hydrogens (tertiary/aromatic N) is 1. The summed E-state index contributed by atoms with van der Waals surface area (Å²) in [5.41, 5.74) is 0. The molecule has 0 bridgehead atoms. The predicted octanol–water partition coefficient (Wildman–Crippen LogP) is 2.00. The fourth-order valence-corrected chi connectivity index (χ4v) is 2.79. The Balaban J connectivity index is 1.76. The van der Waals surface area contributed by atoms with E-state index in [-0.39, 0.29) is 0 Å². The van der Waals surface area contributed by atoms with E-state index in [1.807, 2.05) is 0 Å². The van der Waals surface area contributed by atoms with E-state index in [0.717, 1.165) is 12.1 Å². The number of hydrogen-bond donors (Lipinski definition) is 1. The number of rotatable bonds is 2. The van der Waals surface area contributed by atoms with Gasteiger partial charge in [0.2, 0.25) is 0 Å². The first-order valence-corrected chi connectivity index (χ1v) is 6.33. The molecule has 0 aromatic heterocycles. The molecule has 0 saturated carbocycles. The SMILES string of the molecule is CC1CCCCN1CC1CCCCN1. The van der Waals surface area contributed by atoms with E-state index in [0.29, 0.717) is 0 Å². The minimum atomic E-state index is 0.782. The first-order valence-electron chi connectivity index (χ1n) is 6.33. The zero-order valence-corrected chi connectivity index (χ0v) is 9.47. The van der Waals surface area contributed by atoms with Gasteiger partial charge >= 0.3 is 0 Å². The van der Waals surface area contributed by atoms with E-state index in [2.05, 4.69) is 17.1 Å². The van der Waals surface area contributed by atoms with Crippen LogP contribution >= 0.6 is 0 Å². The maximum absolute atomic E-state index is 3.65. The van der Waals surface area contributed by atoms with Crippen molar-refractivity contribution in [1.82, 2.24) is 10.2 Å². The fraction of sp³-hybridized carbons (Fsp3) is 1.00. The minimum Gasteiger partial charge on any atom is -0.313 e. The molecule has 2 atom stereocenters. The van der Waals surface area contributed by atoms with Crippen molar-refractivity contribution >= 4 is 0 Å². The quantitative estimate of drug-likeness (QED) is 0.727. The van der Waals surface area contributed by atoms with Crippen LogP contribution in [0.3, 0.4) is 0 Å². The third-order valence-electron chi connectivity index (χ3n) is 3.81. The summed E-state index contributed by atoms with van der Waals surface area (Å²) in [4.78, 5) is 2.69. The van der Waals surface area contributed by atoms with Gasteiger partial charge in [0.25, 0.3) is 0 Å². The van der Waals surface area contributed by atoms with Gasteiger partial charge in [-0.1, -0.05) is 12.8 Å². The van der Waals surface area contributed by atoms with Crippen LogP contribution in [0, 0.1) is 0 Å². The fourth-order valence-electron chi connectivity index (χ4n) is 2.79. The van der Waals surface area contributed by atoms with E-state index in [1.54, 1.807) is 0 Å². The standard InChI is InChI=1S/C12H24N2/c1-11-6-3-5-9-14(11)10-12-7-2-4-8-13-12/h11-13H,2-10H2,1H3. The Morgan fingerprint density at radius 3 is 2.71 bits per heavy atom. The second-order valence-corrected chi connectivity index (χ2v) is 4.99. The number of likely N-dealkylation sites (tertiary alicyclic amines) is 1. The van der Waals surface area contributed by atoms with Crippen LogP contribution in [0.1, 0.15) is 45.4 Å². The van der Waals surface area contributed by atoms with Crippen LogP contribution in [0.2, 0.25) is 0 Å². The summed E-state index contributed by atoms with van der Waals surface area (Å²) >= 11 is 0. The van der Waals surface area contributed by atoms with Crippen LogP contribution in [0.5, 0.6) is 0 Å². The van der Waals surface area contributed by atoms with Gasteiger partial charge in [-0.05, 0) is 45.7 Å². The molecule has 82 valence electrons. The summed E-state index contributed by atoms with van der Waals surface area (Å²) in [6.45, 7) is 6.26. The van der Waals surface area contributed by atoms with Gasteiger partial charge in [-0.2, -0.15) is 0 Å². The van der Waals surface area contributed by atoms with Crippen molar-refractivity contribution in [3.8, 4) is 0 Å². The highest BCUT2D eigenvalue weighted by molar-refractivity contribution is 4.80. The summed E-state index contributed by atoms with van der Waals surface area (Å²) in [6.07, 6.45) is 8.47. The third kappa shape index (κ3) is 2.71. The summed E-state index contributed by atoms with van der Waals surface area (Å²) in [5, 5.41) is 3.65. The number of piperidine rings is 2. The van der Waals surface area contributed by atoms with Crippen molar-refractivity contribution in [1.29, 1.82) is 0 Å². The summed E-state index contributed by atoms with van der Waals surface area (Å²) in [5.74, 6) is 0. The van der Waals surface area contributed by atoms with Crippen molar-refractivity contribution in [3.63, 3.8) is 0 Å². The Bertz CT molecular complexity index is 164. The lowest BCUT2D eigenvalue weighted by Gasteiger charge is -2.37. The molecule has 2 rings (SSSR count). The van der Waals surface area contributed by atoms with Crippen LogP contribution in [0.25, 0.3) is 0 Å². The van der Waals surface area contributed by atoms with Gasteiger partial charge in [0.15, 0.2) is 0 Å². The average Bonchev–Trinajstić information content (AvgIpc) is 2.23. The van der Waals surface area contributed by atoms with Crippen molar-refractivity contribution < 1.29 is 0 Å². The van der Waals surface area contributed by atoms with Crippen LogP contribution in [0.4, 0.5) is 0 Å². The van der Waals surface area contributed by atoms with Gasteiger partial charge in [0.1, 0.15) is 0 Å². The lowest BCUT2D eigenvalue weighted by molar-refractivity contribution is 0.137. The van der Waals surface area contributed by atoms with Crippen LogP contribution < -0.4 is 5.32 Å². The number of hydrogen-bond acceptors (Lipinski definition) is 2. The van der Waals surface area contributed by atoms with E-state index in [9.17, 15) is 0 Å². The first-order chi connectivity index (χ1) is 6.86. The molecule has 0 aliphatic carbocycles. The van der Waals surface area contributed by atoms with Crippen molar-refractivity contribution in [2.24, 2.45) is 0 Å². The van der Waals surface area contributed by atoms with Gasteiger partial charge in [-0.3, -0.25) is 4.90 Å². The minimum absolute atomic E-state index is 0.782. The molecule has 2 heteroatoms. The van der Waals surface area contributed by atoms with E-state index < -0.39 is 0 Å². The molecular formula is C12H24N2. The largest absolute Gasteiger partial charge is 0.313 e. The zero-order valence-electron chi connectivity index (χ0n) is 9.47. The van der Waals surface area contributed by atoms with Gasteiger partial charge < -0.3 is 5.32 Å². The molecule has 2 aliphatic rings. The van der Waals surface area contributed by atoms with Crippen molar-refractivity contribution in [3.05, 3.63) is 0 Å². The molecule has 0 aromatic rings. The third-order valence-corrected chi connectivity index (χ3v) is 3.81. The second kappa shape index (κ2) is 5.13. The molecule has 0 amide bonds. The first kappa shape index (κ1) is 10.4. The van der Waals surface area contributed by atoms with E-state index >= 15 is 0 Å². The highest BCUT2D eigenvalue weighted by Crippen LogP contribution is 2.18. The molecule has 2 saturated heterocycles. The van der Waals surface area contributed by atoms with Crippen LogP contribution in [-0.4, -0.2) is 36.6 Å². The predicted molar refractivity (Wildman–Crippen MR) is 60.5 cm³/mol.